The first kappa shape index (κ1) is 25.8. The third-order valence-corrected chi connectivity index (χ3v) is 7.64. The summed E-state index contributed by atoms with van der Waals surface area (Å²) in [6.45, 7) is 1.81. The summed E-state index contributed by atoms with van der Waals surface area (Å²) in [6, 6.07) is 9.98. The second kappa shape index (κ2) is 11.5. The van der Waals surface area contributed by atoms with Crippen LogP contribution in [0.5, 0.6) is 0 Å². The van der Waals surface area contributed by atoms with Gasteiger partial charge in [0.15, 0.2) is 5.96 Å². The Hall–Kier alpha value is -2.85. The van der Waals surface area contributed by atoms with Gasteiger partial charge in [0.1, 0.15) is 6.04 Å². The highest BCUT2D eigenvalue weighted by molar-refractivity contribution is 7.89. The van der Waals surface area contributed by atoms with Crippen molar-refractivity contribution in [3.8, 4) is 0 Å². The molecule has 1 heterocycles. The number of benzene rings is 2. The van der Waals surface area contributed by atoms with Crippen LogP contribution in [0.2, 0.25) is 0 Å². The number of amides is 1. The maximum atomic E-state index is 13.6. The fourth-order valence-corrected chi connectivity index (χ4v) is 5.75. The van der Waals surface area contributed by atoms with E-state index in [1.165, 1.54) is 0 Å². The van der Waals surface area contributed by atoms with Gasteiger partial charge in [0.2, 0.25) is 15.9 Å². The Balaban J connectivity index is 1.88. The van der Waals surface area contributed by atoms with Crippen molar-refractivity contribution in [3.63, 3.8) is 0 Å². The molecule has 0 saturated carbocycles. The average Bonchev–Trinajstić information content (AvgIpc) is 2.84. The number of aliphatic imine (C=N–C) groups is 1. The highest BCUT2D eigenvalue weighted by Crippen LogP contribution is 2.30. The van der Waals surface area contributed by atoms with Gasteiger partial charge >= 0.3 is 0 Å². The van der Waals surface area contributed by atoms with Crippen molar-refractivity contribution in [3.05, 3.63) is 36.4 Å². The second-order valence-electron chi connectivity index (χ2n) is 8.76. The number of hydrogen-bond acceptors (Lipinski definition) is 5. The summed E-state index contributed by atoms with van der Waals surface area (Å²) >= 11 is 0. The van der Waals surface area contributed by atoms with Gasteiger partial charge in [-0.3, -0.25) is 9.79 Å². The molecule has 0 unspecified atom stereocenters. The third kappa shape index (κ3) is 6.18. The summed E-state index contributed by atoms with van der Waals surface area (Å²) in [5.41, 5.74) is 6.61. The standard InChI is InChI=1S/C24H36N6O3S/c1-26-24(25)27-15-9-12-20(23(31)30-16-5-4-6-17-30)28-34(32,33)22-14-8-10-18-19(22)11-7-13-21(18)29(2)3/h7-8,10-11,13-14,20,28H,4-6,9,12,15-17H2,1-3H3,(H3,25,26,27)/t20-/m0/s1. The molecule has 0 aromatic heterocycles. The number of nitrogens with two attached hydrogens (primary N) is 1. The number of guanidine groups is 1. The molecule has 1 amide bonds. The lowest BCUT2D eigenvalue weighted by Crippen LogP contribution is -2.50. The molecule has 9 nitrogen and oxygen atoms in total. The zero-order valence-electron chi connectivity index (χ0n) is 20.3. The summed E-state index contributed by atoms with van der Waals surface area (Å²) in [5, 5.41) is 4.43. The van der Waals surface area contributed by atoms with Crippen molar-refractivity contribution in [2.24, 2.45) is 10.7 Å². The molecule has 2 aromatic rings. The van der Waals surface area contributed by atoms with Gasteiger partial charge in [-0.1, -0.05) is 24.3 Å². The van der Waals surface area contributed by atoms with Gasteiger partial charge in [0.25, 0.3) is 0 Å². The van der Waals surface area contributed by atoms with E-state index in [2.05, 4.69) is 15.0 Å². The highest BCUT2D eigenvalue weighted by Gasteiger charge is 2.30. The van der Waals surface area contributed by atoms with Gasteiger partial charge in [-0.15, -0.1) is 0 Å². The smallest absolute Gasteiger partial charge is 0.241 e. The lowest BCUT2D eigenvalue weighted by atomic mass is 10.1. The molecule has 0 aliphatic carbocycles. The SMILES string of the molecule is CN=C(N)NCCC[C@H](NS(=O)(=O)c1cccc2c(N(C)C)cccc12)C(=O)N1CCCCC1. The Morgan fingerprint density at radius 1 is 1.12 bits per heavy atom. The molecule has 4 N–H and O–H groups in total. The number of fused-ring (bicyclic) bond motifs is 1. The van der Waals surface area contributed by atoms with Crippen molar-refractivity contribution in [1.82, 2.24) is 14.9 Å². The molecule has 0 bridgehead atoms. The summed E-state index contributed by atoms with van der Waals surface area (Å²) in [5.74, 6) is 0.140. The summed E-state index contributed by atoms with van der Waals surface area (Å²) in [4.78, 5) is 21.1. The number of likely N-dealkylation sites (tertiary alicyclic amines) is 1. The Morgan fingerprint density at radius 3 is 2.47 bits per heavy atom. The molecule has 0 radical (unpaired) electrons. The Labute approximate surface area is 202 Å². The number of nitrogens with one attached hydrogen (secondary N) is 2. The second-order valence-corrected chi connectivity index (χ2v) is 10.4. The zero-order chi connectivity index (χ0) is 24.7. The number of sulfonamides is 1. The van der Waals surface area contributed by atoms with Crippen LogP contribution < -0.4 is 20.7 Å². The monoisotopic (exact) mass is 488 g/mol. The van der Waals surface area contributed by atoms with Crippen LogP contribution in [0.4, 0.5) is 5.69 Å². The molecule has 10 heteroatoms. The maximum absolute atomic E-state index is 13.6. The lowest BCUT2D eigenvalue weighted by molar-refractivity contribution is -0.134. The first-order valence-electron chi connectivity index (χ1n) is 11.7. The van der Waals surface area contributed by atoms with Gasteiger partial charge in [0, 0.05) is 57.2 Å². The molecule has 1 saturated heterocycles. The number of anilines is 1. The summed E-state index contributed by atoms with van der Waals surface area (Å²) in [6.07, 6.45) is 3.87. The Kier molecular flexibility index (Phi) is 8.73. The van der Waals surface area contributed by atoms with Crippen molar-refractivity contribution < 1.29 is 13.2 Å². The van der Waals surface area contributed by atoms with E-state index < -0.39 is 16.1 Å². The van der Waals surface area contributed by atoms with Crippen LogP contribution in [0.25, 0.3) is 10.8 Å². The van der Waals surface area contributed by atoms with E-state index in [4.69, 9.17) is 5.73 Å². The highest BCUT2D eigenvalue weighted by atomic mass is 32.2. The van der Waals surface area contributed by atoms with Gasteiger partial charge in [-0.05, 0) is 44.2 Å². The fraction of sp³-hybridized carbons (Fsp3) is 0.500. The minimum atomic E-state index is -3.96. The van der Waals surface area contributed by atoms with Gasteiger partial charge in [-0.25, -0.2) is 8.42 Å². The van der Waals surface area contributed by atoms with Gasteiger partial charge in [0.05, 0.1) is 4.90 Å². The molecule has 1 atom stereocenters. The normalized spacial score (nSPS) is 15.9. The zero-order valence-corrected chi connectivity index (χ0v) is 21.1. The van der Waals surface area contributed by atoms with Crippen LogP contribution in [0.1, 0.15) is 32.1 Å². The molecule has 1 aliphatic heterocycles. The van der Waals surface area contributed by atoms with Crippen molar-refractivity contribution in [2.75, 3.05) is 45.7 Å². The average molecular weight is 489 g/mol. The van der Waals surface area contributed by atoms with Crippen LogP contribution in [0, 0.1) is 0 Å². The van der Waals surface area contributed by atoms with E-state index in [9.17, 15) is 13.2 Å². The van der Waals surface area contributed by atoms with Crippen LogP contribution in [0.15, 0.2) is 46.3 Å². The topological polar surface area (TPSA) is 120 Å². The van der Waals surface area contributed by atoms with Crippen LogP contribution in [-0.4, -0.2) is 72.0 Å². The van der Waals surface area contributed by atoms with E-state index in [0.717, 1.165) is 30.3 Å². The molecule has 34 heavy (non-hydrogen) atoms. The predicted molar refractivity (Wildman–Crippen MR) is 138 cm³/mol. The largest absolute Gasteiger partial charge is 0.377 e. The molecule has 2 aromatic carbocycles. The van der Waals surface area contributed by atoms with E-state index in [1.807, 2.05) is 37.2 Å². The number of nitrogens with zero attached hydrogens (tertiary/aromatic N) is 3. The minimum Gasteiger partial charge on any atom is -0.377 e. The third-order valence-electron chi connectivity index (χ3n) is 6.11. The van der Waals surface area contributed by atoms with E-state index in [0.29, 0.717) is 43.8 Å². The summed E-state index contributed by atoms with van der Waals surface area (Å²) in [7, 11) is 1.48. The van der Waals surface area contributed by atoms with Crippen LogP contribution >= 0.6 is 0 Å². The molecular formula is C24H36N6O3S. The van der Waals surface area contributed by atoms with E-state index in [1.54, 1.807) is 30.1 Å². The number of piperidine rings is 1. The van der Waals surface area contributed by atoms with Gasteiger partial charge < -0.3 is 20.9 Å². The molecular weight excluding hydrogens is 452 g/mol. The summed E-state index contributed by atoms with van der Waals surface area (Å²) < 4.78 is 29.9. The Morgan fingerprint density at radius 2 is 1.79 bits per heavy atom. The van der Waals surface area contributed by atoms with Crippen molar-refractivity contribution >= 4 is 38.3 Å². The van der Waals surface area contributed by atoms with Crippen LogP contribution in [0.3, 0.4) is 0 Å². The lowest BCUT2D eigenvalue weighted by Gasteiger charge is -2.31. The molecule has 1 aliphatic rings. The number of hydrogen-bond donors (Lipinski definition) is 3. The first-order chi connectivity index (χ1) is 16.2. The van der Waals surface area contributed by atoms with E-state index in [-0.39, 0.29) is 10.8 Å². The first-order valence-corrected chi connectivity index (χ1v) is 13.2. The van der Waals surface area contributed by atoms with Gasteiger partial charge in [-0.2, -0.15) is 4.72 Å². The van der Waals surface area contributed by atoms with Crippen LogP contribution in [-0.2, 0) is 14.8 Å². The van der Waals surface area contributed by atoms with Crippen molar-refractivity contribution in [1.29, 1.82) is 0 Å². The molecule has 1 fully saturated rings. The number of carbonyl (C=O) groups is 1. The number of rotatable bonds is 9. The van der Waals surface area contributed by atoms with E-state index >= 15 is 0 Å². The Bertz CT molecular complexity index is 1130. The molecule has 0 spiro atoms. The molecule has 3 rings (SSSR count). The van der Waals surface area contributed by atoms with Crippen molar-refractivity contribution in [2.45, 2.75) is 43.0 Å². The quantitative estimate of drug-likeness (QED) is 0.282. The number of carbonyl (C=O) groups excluding carboxylic acids is 1. The molecule has 186 valence electrons. The maximum Gasteiger partial charge on any atom is 0.241 e. The predicted octanol–water partition coefficient (Wildman–Crippen LogP) is 1.88. The minimum absolute atomic E-state index is 0.172. The fourth-order valence-electron chi connectivity index (χ4n) is 4.31.